The number of rotatable bonds is 5. The van der Waals surface area contributed by atoms with Gasteiger partial charge < -0.3 is 15.6 Å². The summed E-state index contributed by atoms with van der Waals surface area (Å²) in [5, 5.41) is 9.02. The van der Waals surface area contributed by atoms with Crippen molar-refractivity contribution in [3.63, 3.8) is 0 Å². The number of anilines is 2. The molecule has 9 nitrogen and oxygen atoms in total. The second-order valence-electron chi connectivity index (χ2n) is 7.69. The summed E-state index contributed by atoms with van der Waals surface area (Å²) in [7, 11) is 0. The largest absolute Gasteiger partial charge is 0.487 e. The molecule has 0 unspecified atom stereocenters. The van der Waals surface area contributed by atoms with Crippen LogP contribution in [0, 0.1) is 18.6 Å². The molecule has 1 aromatic heterocycles. The molecule has 3 aromatic rings. The van der Waals surface area contributed by atoms with Gasteiger partial charge in [-0.25, -0.2) is 13.6 Å². The molecule has 12 heteroatoms. The molecule has 0 radical (unpaired) electrons. The highest BCUT2D eigenvalue weighted by Gasteiger charge is 2.33. The fourth-order valence-electron chi connectivity index (χ4n) is 3.78. The summed E-state index contributed by atoms with van der Waals surface area (Å²) in [4.78, 5) is 39.4. The predicted molar refractivity (Wildman–Crippen MR) is 124 cm³/mol. The molecule has 0 bridgehead atoms. The van der Waals surface area contributed by atoms with Gasteiger partial charge in [0.15, 0.2) is 0 Å². The standard InChI is InChI=1S/C23H19ClF2N4O5/c1-12-6-19(35-10-13-2-3-14(25)7-16(13)26)21(24)22(33)30(12)15-4-5-17-18(8-15)28(20(32)9-31)11-29(17)23(27)34/h2-8,31H,9-11H2,1H3,(H2,27,34). The molecule has 3 amide bonds. The third kappa shape index (κ3) is 4.43. The zero-order valence-electron chi connectivity index (χ0n) is 18.3. The van der Waals surface area contributed by atoms with E-state index in [0.29, 0.717) is 17.1 Å². The topological polar surface area (TPSA) is 118 Å². The van der Waals surface area contributed by atoms with Crippen LogP contribution in [-0.2, 0) is 11.4 Å². The van der Waals surface area contributed by atoms with Crippen LogP contribution in [-0.4, -0.2) is 34.9 Å². The van der Waals surface area contributed by atoms with Crippen molar-refractivity contribution in [2.45, 2.75) is 13.5 Å². The number of aliphatic hydroxyl groups excluding tert-OH is 1. The Morgan fingerprint density at radius 3 is 2.51 bits per heavy atom. The van der Waals surface area contributed by atoms with E-state index in [1.54, 1.807) is 13.0 Å². The summed E-state index contributed by atoms with van der Waals surface area (Å²) in [5.41, 5.74) is 6.16. The molecule has 0 aliphatic carbocycles. The van der Waals surface area contributed by atoms with Gasteiger partial charge in [-0.15, -0.1) is 0 Å². The van der Waals surface area contributed by atoms with Gasteiger partial charge in [-0.1, -0.05) is 11.6 Å². The molecule has 3 N–H and O–H groups in total. The number of nitrogens with zero attached hydrogens (tertiary/aromatic N) is 3. The van der Waals surface area contributed by atoms with E-state index in [9.17, 15) is 28.3 Å². The minimum absolute atomic E-state index is 0.00675. The van der Waals surface area contributed by atoms with Gasteiger partial charge in [-0.3, -0.25) is 24.0 Å². The molecule has 0 saturated carbocycles. The van der Waals surface area contributed by atoms with E-state index in [4.69, 9.17) is 22.1 Å². The molecular formula is C23H19ClF2N4O5. The molecular weight excluding hydrogens is 486 g/mol. The van der Waals surface area contributed by atoms with Crippen molar-refractivity contribution in [1.29, 1.82) is 0 Å². The van der Waals surface area contributed by atoms with Crippen molar-refractivity contribution >= 4 is 34.9 Å². The quantitative estimate of drug-likeness (QED) is 0.554. The summed E-state index contributed by atoms with van der Waals surface area (Å²) in [6.07, 6.45) is 0. The Kier molecular flexibility index (Phi) is 6.46. The number of halogens is 3. The number of aromatic nitrogens is 1. The Morgan fingerprint density at radius 2 is 1.86 bits per heavy atom. The fraction of sp³-hybridized carbons (Fsp3) is 0.174. The number of pyridine rings is 1. The van der Waals surface area contributed by atoms with E-state index >= 15 is 0 Å². The first kappa shape index (κ1) is 24.2. The van der Waals surface area contributed by atoms with Crippen LogP contribution >= 0.6 is 11.6 Å². The fourth-order valence-corrected chi connectivity index (χ4v) is 3.97. The normalized spacial score (nSPS) is 12.6. The van der Waals surface area contributed by atoms with E-state index in [-0.39, 0.29) is 35.3 Å². The Balaban J connectivity index is 1.71. The van der Waals surface area contributed by atoms with Crippen LogP contribution in [0.2, 0.25) is 5.02 Å². The van der Waals surface area contributed by atoms with Crippen molar-refractivity contribution in [1.82, 2.24) is 4.57 Å². The van der Waals surface area contributed by atoms with Gasteiger partial charge in [-0.2, -0.15) is 0 Å². The number of carbonyl (C=O) groups excluding carboxylic acids is 2. The van der Waals surface area contributed by atoms with E-state index in [0.717, 1.165) is 17.0 Å². The van der Waals surface area contributed by atoms with Crippen LogP contribution in [0.5, 0.6) is 5.75 Å². The number of aliphatic hydroxyl groups is 1. The third-order valence-corrected chi connectivity index (χ3v) is 5.83. The highest BCUT2D eigenvalue weighted by molar-refractivity contribution is 6.31. The molecule has 1 aliphatic heterocycles. The predicted octanol–water partition coefficient (Wildman–Crippen LogP) is 2.84. The van der Waals surface area contributed by atoms with Crippen molar-refractivity contribution in [2.24, 2.45) is 5.73 Å². The summed E-state index contributed by atoms with van der Waals surface area (Å²) in [6, 6.07) is 8.28. The number of aryl methyl sites for hydroxylation is 1. The minimum atomic E-state index is -0.795. The zero-order valence-corrected chi connectivity index (χ0v) is 19.1. The molecule has 182 valence electrons. The van der Waals surface area contributed by atoms with Crippen LogP contribution in [0.3, 0.4) is 0 Å². The summed E-state index contributed by atoms with van der Waals surface area (Å²) in [6.45, 7) is 0.355. The molecule has 2 heterocycles. The number of ether oxygens (including phenoxy) is 1. The number of hydrogen-bond acceptors (Lipinski definition) is 5. The second-order valence-corrected chi connectivity index (χ2v) is 8.07. The summed E-state index contributed by atoms with van der Waals surface area (Å²) >= 11 is 6.26. The maximum atomic E-state index is 13.9. The molecule has 1 aliphatic rings. The van der Waals surface area contributed by atoms with E-state index < -0.39 is 35.7 Å². The van der Waals surface area contributed by atoms with Gasteiger partial charge in [0.2, 0.25) is 0 Å². The van der Waals surface area contributed by atoms with E-state index in [1.165, 1.54) is 33.7 Å². The Labute approximate surface area is 202 Å². The number of amides is 3. The SMILES string of the molecule is Cc1cc(OCc2ccc(F)cc2F)c(Cl)c(=O)n1-c1ccc2c(c1)N(C(=O)CO)CN2C(N)=O. The first-order valence-corrected chi connectivity index (χ1v) is 10.6. The number of primary amides is 1. The Morgan fingerprint density at radius 1 is 1.11 bits per heavy atom. The second kappa shape index (κ2) is 9.35. The lowest BCUT2D eigenvalue weighted by atomic mass is 10.2. The van der Waals surface area contributed by atoms with Crippen molar-refractivity contribution in [2.75, 3.05) is 23.1 Å². The maximum Gasteiger partial charge on any atom is 0.320 e. The summed E-state index contributed by atoms with van der Waals surface area (Å²) in [5.74, 6) is -2.18. The van der Waals surface area contributed by atoms with Crippen LogP contribution in [0.1, 0.15) is 11.3 Å². The number of benzene rings is 2. The number of nitrogens with two attached hydrogens (primary N) is 1. The molecule has 0 spiro atoms. The van der Waals surface area contributed by atoms with Gasteiger partial charge in [0.05, 0.1) is 17.1 Å². The van der Waals surface area contributed by atoms with Gasteiger partial charge in [0.1, 0.15) is 42.3 Å². The third-order valence-electron chi connectivity index (χ3n) is 5.48. The smallest absolute Gasteiger partial charge is 0.320 e. The number of fused-ring (bicyclic) bond motifs is 1. The van der Waals surface area contributed by atoms with Crippen LogP contribution in [0.15, 0.2) is 47.3 Å². The lowest BCUT2D eigenvalue weighted by Crippen LogP contribution is -2.42. The summed E-state index contributed by atoms with van der Waals surface area (Å²) < 4.78 is 33.8. The highest BCUT2D eigenvalue weighted by Crippen LogP contribution is 2.38. The van der Waals surface area contributed by atoms with Crippen LogP contribution in [0.25, 0.3) is 5.69 Å². The van der Waals surface area contributed by atoms with Crippen LogP contribution < -0.4 is 25.8 Å². The first-order valence-electron chi connectivity index (χ1n) is 10.2. The zero-order chi connectivity index (χ0) is 25.4. The molecule has 0 saturated heterocycles. The molecule has 0 fully saturated rings. The molecule has 4 rings (SSSR count). The molecule has 2 aromatic carbocycles. The maximum absolute atomic E-state index is 13.9. The lowest BCUT2D eigenvalue weighted by Gasteiger charge is -2.17. The van der Waals surface area contributed by atoms with Crippen molar-refractivity contribution in [3.8, 4) is 11.4 Å². The Bertz CT molecular complexity index is 1410. The molecule has 0 atom stereocenters. The average Bonchev–Trinajstić information content (AvgIpc) is 3.20. The number of urea groups is 1. The lowest BCUT2D eigenvalue weighted by molar-refractivity contribution is -0.121. The van der Waals surface area contributed by atoms with Crippen molar-refractivity contribution < 1.29 is 28.2 Å². The van der Waals surface area contributed by atoms with E-state index in [1.807, 2.05) is 0 Å². The first-order chi connectivity index (χ1) is 16.6. The van der Waals surface area contributed by atoms with Crippen LogP contribution in [0.4, 0.5) is 25.0 Å². The van der Waals surface area contributed by atoms with Gasteiger partial charge in [0.25, 0.3) is 11.5 Å². The highest BCUT2D eigenvalue weighted by atomic mass is 35.5. The number of carbonyl (C=O) groups is 2. The molecule has 35 heavy (non-hydrogen) atoms. The van der Waals surface area contributed by atoms with Gasteiger partial charge >= 0.3 is 6.03 Å². The minimum Gasteiger partial charge on any atom is -0.487 e. The number of hydrogen-bond donors (Lipinski definition) is 2. The van der Waals surface area contributed by atoms with Gasteiger partial charge in [0, 0.05) is 23.4 Å². The monoisotopic (exact) mass is 504 g/mol. The van der Waals surface area contributed by atoms with E-state index in [2.05, 4.69) is 0 Å². The average molecular weight is 505 g/mol. The van der Waals surface area contributed by atoms with Crippen molar-refractivity contribution in [3.05, 3.63) is 80.7 Å². The Hall–Kier alpha value is -3.96. The van der Waals surface area contributed by atoms with Gasteiger partial charge in [-0.05, 0) is 37.3 Å².